The molecule has 0 saturated heterocycles. The summed E-state index contributed by atoms with van der Waals surface area (Å²) in [6.07, 6.45) is 0. The first-order chi connectivity index (χ1) is 26.3. The molecule has 53 heavy (non-hydrogen) atoms. The summed E-state index contributed by atoms with van der Waals surface area (Å²) in [7, 11) is -0.979. The zero-order chi connectivity index (χ0) is 34.6. The van der Waals surface area contributed by atoms with Crippen molar-refractivity contribution in [1.82, 2.24) is 9.13 Å². The smallest absolute Gasteiger partial charge is 0.140 e. The minimum absolute atomic E-state index is 0.858. The quantitative estimate of drug-likeness (QED) is 0.172. The predicted octanol–water partition coefficient (Wildman–Crippen LogP) is 11.5. The van der Waals surface area contributed by atoms with Gasteiger partial charge in [0.05, 0.1) is 27.4 Å². The molecule has 0 saturated carbocycles. The van der Waals surface area contributed by atoms with Crippen LogP contribution in [0.5, 0.6) is 23.0 Å². The van der Waals surface area contributed by atoms with E-state index in [1.807, 2.05) is 0 Å². The maximum atomic E-state index is 6.96. The van der Waals surface area contributed by atoms with Gasteiger partial charge in [0.1, 0.15) is 23.0 Å². The highest BCUT2D eigenvalue weighted by molar-refractivity contribution is 7.80. The van der Waals surface area contributed by atoms with Crippen LogP contribution in [0.3, 0.4) is 0 Å². The number of nitrogens with zero attached hydrogens (tertiary/aromatic N) is 2. The van der Waals surface area contributed by atoms with Gasteiger partial charge in [-0.05, 0) is 71.8 Å². The third-order valence-corrected chi connectivity index (χ3v) is 13.4. The van der Waals surface area contributed by atoms with E-state index in [9.17, 15) is 0 Å². The van der Waals surface area contributed by atoms with Crippen LogP contribution in [0.2, 0.25) is 0 Å². The summed E-state index contributed by atoms with van der Waals surface area (Å²) in [5.41, 5.74) is 9.06. The van der Waals surface area contributed by atoms with E-state index in [2.05, 4.69) is 185 Å². The van der Waals surface area contributed by atoms with Crippen molar-refractivity contribution in [3.63, 3.8) is 0 Å². The zero-order valence-corrected chi connectivity index (χ0v) is 29.3. The molecule has 2 aromatic heterocycles. The first kappa shape index (κ1) is 29.0. The molecule has 248 valence electrons. The third kappa shape index (κ3) is 4.16. The molecule has 0 amide bonds. The van der Waals surface area contributed by atoms with Crippen molar-refractivity contribution >= 4 is 67.4 Å². The van der Waals surface area contributed by atoms with Crippen molar-refractivity contribution in [3.8, 4) is 45.5 Å². The maximum Gasteiger partial charge on any atom is 0.140 e. The highest BCUT2D eigenvalue weighted by Gasteiger charge is 2.38. The number of para-hydroxylation sites is 4. The Kier molecular flexibility index (Phi) is 5.99. The second-order valence-corrected chi connectivity index (χ2v) is 15.9. The fraction of sp³-hybridized carbons (Fsp3) is 0. The molecule has 0 atom stereocenters. The van der Waals surface area contributed by atoms with Gasteiger partial charge in [0.2, 0.25) is 0 Å². The largest absolute Gasteiger partial charge is 0.456 e. The second kappa shape index (κ2) is 10.9. The first-order valence-electron chi connectivity index (χ1n) is 17.9. The number of hydrogen-bond donors (Lipinski definition) is 0. The topological polar surface area (TPSA) is 28.3 Å². The summed E-state index contributed by atoms with van der Waals surface area (Å²) in [5.74, 6) is 3.49. The predicted molar refractivity (Wildman–Crippen MR) is 219 cm³/mol. The lowest BCUT2D eigenvalue weighted by molar-refractivity contribution is 0.467. The van der Waals surface area contributed by atoms with Crippen LogP contribution in [0.15, 0.2) is 176 Å². The van der Waals surface area contributed by atoms with E-state index >= 15 is 0 Å². The first-order valence-corrected chi connectivity index (χ1v) is 19.3. The molecule has 0 spiro atoms. The lowest BCUT2D eigenvalue weighted by Gasteiger charge is -2.35. The van der Waals surface area contributed by atoms with Crippen LogP contribution in [-0.2, 0) is 0 Å². The second-order valence-electron chi connectivity index (χ2n) is 13.8. The molecule has 2 aliphatic rings. The molecule has 8 aromatic carbocycles. The van der Waals surface area contributed by atoms with Gasteiger partial charge in [-0.1, -0.05) is 103 Å². The van der Waals surface area contributed by atoms with Crippen molar-refractivity contribution in [3.05, 3.63) is 176 Å². The summed E-state index contributed by atoms with van der Waals surface area (Å²) in [4.78, 5) is 0. The van der Waals surface area contributed by atoms with Crippen LogP contribution >= 0.6 is 7.92 Å². The number of rotatable bonds is 3. The Morgan fingerprint density at radius 2 is 0.736 bits per heavy atom. The molecule has 10 aromatic rings. The van der Waals surface area contributed by atoms with Crippen molar-refractivity contribution in [2.75, 3.05) is 0 Å². The Balaban J connectivity index is 1.08. The zero-order valence-electron chi connectivity index (χ0n) is 28.4. The van der Waals surface area contributed by atoms with E-state index < -0.39 is 7.92 Å². The Labute approximate surface area is 306 Å². The SMILES string of the molecule is c1ccc(-c2cc3c4c(c2)Oc2cc(-n5c6ccccc6c6ccccc65)ccc2P4c2ccc(-n4c5ccccc5c5ccccc54)cc2O3)cc1. The van der Waals surface area contributed by atoms with E-state index in [4.69, 9.17) is 9.47 Å². The van der Waals surface area contributed by atoms with E-state index in [-0.39, 0.29) is 0 Å². The van der Waals surface area contributed by atoms with Gasteiger partial charge in [0, 0.05) is 63.6 Å². The average Bonchev–Trinajstić information content (AvgIpc) is 3.74. The molecule has 0 aliphatic carbocycles. The highest BCUT2D eigenvalue weighted by atomic mass is 31.1. The van der Waals surface area contributed by atoms with E-state index in [1.165, 1.54) is 54.2 Å². The maximum absolute atomic E-state index is 6.96. The number of fused-ring (bicyclic) bond motifs is 10. The van der Waals surface area contributed by atoms with E-state index in [1.54, 1.807) is 0 Å². The number of ether oxygens (including phenoxy) is 2. The normalized spacial score (nSPS) is 13.1. The van der Waals surface area contributed by atoms with Crippen molar-refractivity contribution in [1.29, 1.82) is 0 Å². The molecule has 0 bridgehead atoms. The van der Waals surface area contributed by atoms with Gasteiger partial charge in [-0.2, -0.15) is 0 Å². The van der Waals surface area contributed by atoms with Gasteiger partial charge < -0.3 is 18.6 Å². The van der Waals surface area contributed by atoms with Crippen LogP contribution in [0.1, 0.15) is 0 Å². The minimum atomic E-state index is -0.979. The van der Waals surface area contributed by atoms with Gasteiger partial charge >= 0.3 is 0 Å². The molecular formula is C48H29N2O2P. The minimum Gasteiger partial charge on any atom is -0.456 e. The third-order valence-electron chi connectivity index (χ3n) is 10.9. The molecular weight excluding hydrogens is 668 g/mol. The van der Waals surface area contributed by atoms with Crippen LogP contribution < -0.4 is 25.4 Å². The molecule has 12 rings (SSSR count). The van der Waals surface area contributed by atoms with Gasteiger partial charge in [-0.15, -0.1) is 0 Å². The lowest BCUT2D eigenvalue weighted by atomic mass is 10.0. The van der Waals surface area contributed by atoms with Crippen LogP contribution in [0.4, 0.5) is 0 Å². The number of aromatic nitrogens is 2. The highest BCUT2D eigenvalue weighted by Crippen LogP contribution is 2.54. The molecule has 4 heterocycles. The van der Waals surface area contributed by atoms with Crippen molar-refractivity contribution in [2.45, 2.75) is 0 Å². The van der Waals surface area contributed by atoms with E-state index in [0.717, 1.165) is 50.8 Å². The summed E-state index contributed by atoms with van der Waals surface area (Å²) in [6, 6.07) is 63.0. The van der Waals surface area contributed by atoms with Crippen molar-refractivity contribution in [2.24, 2.45) is 0 Å². The number of hydrogen-bond acceptors (Lipinski definition) is 2. The Hall–Kier alpha value is -6.61. The van der Waals surface area contributed by atoms with Crippen LogP contribution in [-0.4, -0.2) is 9.13 Å². The number of benzene rings is 8. The fourth-order valence-corrected chi connectivity index (χ4v) is 11.1. The van der Waals surface area contributed by atoms with Crippen LogP contribution in [0, 0.1) is 0 Å². The Bertz CT molecular complexity index is 2840. The molecule has 4 nitrogen and oxygen atoms in total. The molecule has 0 N–H and O–H groups in total. The molecule has 5 heteroatoms. The molecule has 0 unspecified atom stereocenters. The Morgan fingerprint density at radius 1 is 0.340 bits per heavy atom. The monoisotopic (exact) mass is 696 g/mol. The molecule has 0 radical (unpaired) electrons. The van der Waals surface area contributed by atoms with Crippen molar-refractivity contribution < 1.29 is 9.47 Å². The van der Waals surface area contributed by atoms with Gasteiger partial charge in [0.25, 0.3) is 0 Å². The summed E-state index contributed by atoms with van der Waals surface area (Å²) < 4.78 is 18.6. The lowest BCUT2D eigenvalue weighted by Crippen LogP contribution is -2.32. The van der Waals surface area contributed by atoms with Gasteiger partial charge in [-0.3, -0.25) is 0 Å². The van der Waals surface area contributed by atoms with E-state index in [0.29, 0.717) is 0 Å². The Morgan fingerprint density at radius 3 is 1.17 bits per heavy atom. The average molecular weight is 697 g/mol. The van der Waals surface area contributed by atoms with Crippen LogP contribution in [0.25, 0.3) is 66.1 Å². The summed E-state index contributed by atoms with van der Waals surface area (Å²) >= 11 is 0. The van der Waals surface area contributed by atoms with Gasteiger partial charge in [-0.25, -0.2) is 0 Å². The molecule has 2 aliphatic heterocycles. The fourth-order valence-electron chi connectivity index (χ4n) is 8.58. The summed E-state index contributed by atoms with van der Waals surface area (Å²) in [6.45, 7) is 0. The van der Waals surface area contributed by atoms with Gasteiger partial charge in [0.15, 0.2) is 0 Å². The molecule has 0 fully saturated rings. The summed E-state index contributed by atoms with van der Waals surface area (Å²) in [5, 5.41) is 8.49. The standard InChI is InChI=1S/C48H29N2O2P/c1-2-12-30(13-3-1)31-26-44-48-45(27-31)52-43-29-33(50-40-20-10-6-16-36(40)37-17-7-11-21-41(37)50)23-25-47(43)53(48)46-24-22-32(28-42(46)51-44)49-38-18-8-4-14-34(38)35-15-5-9-19-39(35)49/h1-29H.